The molecule has 2 fully saturated rings. The predicted molar refractivity (Wildman–Crippen MR) is 77.8 cm³/mol. The fraction of sp³-hybridized carbons (Fsp3) is 0.588. The van der Waals surface area contributed by atoms with E-state index in [4.69, 9.17) is 0 Å². The molecule has 0 heterocycles. The lowest BCUT2D eigenvalue weighted by molar-refractivity contribution is 0.107. The van der Waals surface area contributed by atoms with Crippen LogP contribution >= 0.6 is 0 Å². The van der Waals surface area contributed by atoms with Crippen molar-refractivity contribution in [3.8, 4) is 6.07 Å². The van der Waals surface area contributed by atoms with E-state index in [9.17, 15) is 14.8 Å². The molecule has 0 radical (unpaired) electrons. The molecule has 0 amide bonds. The van der Waals surface area contributed by atoms with Gasteiger partial charge in [0.15, 0.2) is 0 Å². The Morgan fingerprint density at radius 3 is 2.81 bits per heavy atom. The molecular formula is C17H21FN2O. The van der Waals surface area contributed by atoms with Crippen LogP contribution in [0.4, 0.5) is 4.39 Å². The van der Waals surface area contributed by atoms with E-state index in [1.54, 1.807) is 6.07 Å². The van der Waals surface area contributed by atoms with Gasteiger partial charge < -0.3 is 5.11 Å². The molecule has 0 unspecified atom stereocenters. The van der Waals surface area contributed by atoms with Crippen LogP contribution in [0.3, 0.4) is 0 Å². The SMILES string of the molecule is N#Cc1cc(F)ccc1CN(CCO)[C@@H]1C[C@H]2CC[C@H]1C2. The first-order valence-corrected chi connectivity index (χ1v) is 7.74. The maximum absolute atomic E-state index is 13.2. The molecule has 2 bridgehead atoms. The molecule has 1 aromatic rings. The standard InChI is InChI=1S/C17H21FN2O/c18-16-4-3-14(15(9-16)10-19)11-20(5-6-21)17-8-12-1-2-13(17)7-12/h3-4,9,12-13,17,21H,1-2,5-8,11H2/t12-,13-,17+/m0/s1. The van der Waals surface area contributed by atoms with E-state index < -0.39 is 0 Å². The van der Waals surface area contributed by atoms with Crippen molar-refractivity contribution in [2.45, 2.75) is 38.3 Å². The van der Waals surface area contributed by atoms with Crippen LogP contribution < -0.4 is 0 Å². The quantitative estimate of drug-likeness (QED) is 0.906. The van der Waals surface area contributed by atoms with Crippen molar-refractivity contribution >= 4 is 0 Å². The number of aliphatic hydroxyl groups is 1. The molecule has 0 spiro atoms. The van der Waals surface area contributed by atoms with Gasteiger partial charge in [0.05, 0.1) is 18.2 Å². The Hall–Kier alpha value is -1.44. The zero-order valence-electron chi connectivity index (χ0n) is 12.1. The maximum atomic E-state index is 13.2. The molecule has 1 aromatic carbocycles. The number of rotatable bonds is 5. The van der Waals surface area contributed by atoms with Gasteiger partial charge in [0.2, 0.25) is 0 Å². The summed E-state index contributed by atoms with van der Waals surface area (Å²) in [5.41, 5.74) is 1.26. The van der Waals surface area contributed by atoms with Crippen LogP contribution in [0.15, 0.2) is 18.2 Å². The monoisotopic (exact) mass is 288 g/mol. The highest BCUT2D eigenvalue weighted by atomic mass is 19.1. The lowest BCUT2D eigenvalue weighted by atomic mass is 9.93. The number of nitriles is 1. The molecule has 2 aliphatic rings. The van der Waals surface area contributed by atoms with Gasteiger partial charge in [0.25, 0.3) is 0 Å². The summed E-state index contributed by atoms with van der Waals surface area (Å²) in [4.78, 5) is 2.29. The zero-order valence-corrected chi connectivity index (χ0v) is 12.1. The molecule has 0 saturated heterocycles. The van der Waals surface area contributed by atoms with Gasteiger partial charge in [0, 0.05) is 19.1 Å². The summed E-state index contributed by atoms with van der Waals surface area (Å²) < 4.78 is 13.2. The highest BCUT2D eigenvalue weighted by Crippen LogP contribution is 2.46. The normalized spacial score (nSPS) is 27.2. The van der Waals surface area contributed by atoms with E-state index >= 15 is 0 Å². The summed E-state index contributed by atoms with van der Waals surface area (Å²) in [5, 5.41) is 18.5. The molecular weight excluding hydrogens is 267 g/mol. The van der Waals surface area contributed by atoms with Gasteiger partial charge in [-0.3, -0.25) is 4.90 Å². The number of hydrogen-bond donors (Lipinski definition) is 1. The molecule has 3 atom stereocenters. The van der Waals surface area contributed by atoms with E-state index in [-0.39, 0.29) is 12.4 Å². The Labute approximate surface area is 125 Å². The van der Waals surface area contributed by atoms with Gasteiger partial charge in [-0.05, 0) is 48.8 Å². The zero-order chi connectivity index (χ0) is 14.8. The second-order valence-electron chi connectivity index (χ2n) is 6.35. The number of hydrogen-bond acceptors (Lipinski definition) is 3. The minimum Gasteiger partial charge on any atom is -0.395 e. The number of aliphatic hydroxyl groups excluding tert-OH is 1. The van der Waals surface area contributed by atoms with Gasteiger partial charge in [-0.25, -0.2) is 4.39 Å². The van der Waals surface area contributed by atoms with E-state index in [1.807, 2.05) is 0 Å². The minimum atomic E-state index is -0.371. The predicted octanol–water partition coefficient (Wildman–Crippen LogP) is 2.68. The topological polar surface area (TPSA) is 47.3 Å². The van der Waals surface area contributed by atoms with Gasteiger partial charge >= 0.3 is 0 Å². The second kappa shape index (κ2) is 6.13. The van der Waals surface area contributed by atoms with Crippen LogP contribution in [0.25, 0.3) is 0 Å². The van der Waals surface area contributed by atoms with Gasteiger partial charge in [-0.2, -0.15) is 5.26 Å². The molecule has 3 rings (SSSR count). The van der Waals surface area contributed by atoms with E-state index in [0.717, 1.165) is 17.4 Å². The van der Waals surface area contributed by atoms with E-state index in [2.05, 4.69) is 11.0 Å². The Morgan fingerprint density at radius 2 is 2.19 bits per heavy atom. The third-order valence-corrected chi connectivity index (χ3v) is 5.12. The molecule has 1 N–H and O–H groups in total. The van der Waals surface area contributed by atoms with Crippen molar-refractivity contribution in [3.05, 3.63) is 35.1 Å². The summed E-state index contributed by atoms with van der Waals surface area (Å²) in [6.07, 6.45) is 5.13. The Kier molecular flexibility index (Phi) is 4.23. The number of fused-ring (bicyclic) bond motifs is 2. The number of halogens is 1. The van der Waals surface area contributed by atoms with Gasteiger partial charge in [0.1, 0.15) is 5.82 Å². The fourth-order valence-corrected chi connectivity index (χ4v) is 4.16. The summed E-state index contributed by atoms with van der Waals surface area (Å²) in [6.45, 7) is 1.37. The first kappa shape index (κ1) is 14.5. The molecule has 112 valence electrons. The largest absolute Gasteiger partial charge is 0.395 e. The lowest BCUT2D eigenvalue weighted by Gasteiger charge is -2.34. The summed E-state index contributed by atoms with van der Waals surface area (Å²) in [7, 11) is 0. The average Bonchev–Trinajstić information content (AvgIpc) is 3.11. The summed E-state index contributed by atoms with van der Waals surface area (Å²) in [6, 6.07) is 7.00. The third-order valence-electron chi connectivity index (χ3n) is 5.12. The first-order chi connectivity index (χ1) is 10.2. The van der Waals surface area contributed by atoms with Crippen LogP contribution in [-0.4, -0.2) is 29.2 Å². The third kappa shape index (κ3) is 2.95. The average molecular weight is 288 g/mol. The fourth-order valence-electron chi connectivity index (χ4n) is 4.16. The van der Waals surface area contributed by atoms with Crippen molar-refractivity contribution < 1.29 is 9.50 Å². The molecule has 21 heavy (non-hydrogen) atoms. The minimum absolute atomic E-state index is 0.122. The van der Waals surface area contributed by atoms with E-state index in [0.29, 0.717) is 24.7 Å². The molecule has 2 saturated carbocycles. The summed E-state index contributed by atoms with van der Waals surface area (Å²) >= 11 is 0. The molecule has 0 aromatic heterocycles. The van der Waals surface area contributed by atoms with Crippen LogP contribution in [-0.2, 0) is 6.54 Å². The highest BCUT2D eigenvalue weighted by Gasteiger charge is 2.42. The highest BCUT2D eigenvalue weighted by molar-refractivity contribution is 5.37. The van der Waals surface area contributed by atoms with Gasteiger partial charge in [-0.15, -0.1) is 0 Å². The van der Waals surface area contributed by atoms with Crippen molar-refractivity contribution in [1.82, 2.24) is 4.90 Å². The number of benzene rings is 1. The first-order valence-electron chi connectivity index (χ1n) is 7.74. The Morgan fingerprint density at radius 1 is 1.33 bits per heavy atom. The molecule has 2 aliphatic carbocycles. The van der Waals surface area contributed by atoms with E-state index in [1.165, 1.54) is 37.8 Å². The smallest absolute Gasteiger partial charge is 0.124 e. The van der Waals surface area contributed by atoms with Crippen molar-refractivity contribution in [1.29, 1.82) is 5.26 Å². The maximum Gasteiger partial charge on any atom is 0.124 e. The van der Waals surface area contributed by atoms with Crippen molar-refractivity contribution in [2.75, 3.05) is 13.2 Å². The van der Waals surface area contributed by atoms with Gasteiger partial charge in [-0.1, -0.05) is 12.5 Å². The Balaban J connectivity index is 1.78. The summed E-state index contributed by atoms with van der Waals surface area (Å²) in [5.74, 6) is 1.20. The molecule has 0 aliphatic heterocycles. The van der Waals surface area contributed by atoms with Crippen LogP contribution in [0, 0.1) is 29.0 Å². The van der Waals surface area contributed by atoms with Crippen molar-refractivity contribution in [2.24, 2.45) is 11.8 Å². The van der Waals surface area contributed by atoms with Crippen LogP contribution in [0.2, 0.25) is 0 Å². The van der Waals surface area contributed by atoms with Crippen LogP contribution in [0.5, 0.6) is 0 Å². The molecule has 4 heteroatoms. The lowest BCUT2D eigenvalue weighted by Crippen LogP contribution is -2.40. The van der Waals surface area contributed by atoms with Crippen LogP contribution in [0.1, 0.15) is 36.8 Å². The van der Waals surface area contributed by atoms with Crippen molar-refractivity contribution in [3.63, 3.8) is 0 Å². The Bertz CT molecular complexity index is 554. The number of nitrogens with zero attached hydrogens (tertiary/aromatic N) is 2. The second-order valence-corrected chi connectivity index (χ2v) is 6.35. The molecule has 3 nitrogen and oxygen atoms in total.